The van der Waals surface area contributed by atoms with Crippen LogP contribution in [0.2, 0.25) is 0 Å². The Bertz CT molecular complexity index is 282. The summed E-state index contributed by atoms with van der Waals surface area (Å²) in [5, 5.41) is 4.98. The third kappa shape index (κ3) is 5.82. The minimum Gasteiger partial charge on any atom is -0.303 e. The molecule has 0 heterocycles. The van der Waals surface area contributed by atoms with Gasteiger partial charge in [-0.25, -0.2) is 13.6 Å². The van der Waals surface area contributed by atoms with Crippen molar-refractivity contribution in [2.75, 3.05) is 19.3 Å². The standard InChI is InChI=1S/C11H24N2O2S/c1-13(9-6-10-16(12,14)15)11-7-4-2-3-5-8-11/h11H,2-10H2,1H3,(H2,12,14,15). The van der Waals surface area contributed by atoms with Crippen LogP contribution < -0.4 is 5.14 Å². The van der Waals surface area contributed by atoms with Crippen LogP contribution in [0.5, 0.6) is 0 Å². The van der Waals surface area contributed by atoms with Crippen LogP contribution >= 0.6 is 0 Å². The third-order valence-electron chi connectivity index (χ3n) is 3.39. The lowest BCUT2D eigenvalue weighted by Crippen LogP contribution is -2.33. The fraction of sp³-hybridized carbons (Fsp3) is 1.00. The first-order chi connectivity index (χ1) is 7.49. The first-order valence-electron chi connectivity index (χ1n) is 6.20. The Hall–Kier alpha value is -0.130. The number of nitrogens with zero attached hydrogens (tertiary/aromatic N) is 1. The number of hydrogen-bond donors (Lipinski definition) is 1. The Labute approximate surface area is 99.2 Å². The second kappa shape index (κ2) is 6.57. The van der Waals surface area contributed by atoms with Crippen molar-refractivity contribution in [1.82, 2.24) is 4.90 Å². The molecule has 1 aliphatic rings. The second-order valence-corrected chi connectivity index (χ2v) is 6.58. The minimum absolute atomic E-state index is 0.101. The first kappa shape index (κ1) is 13.9. The highest BCUT2D eigenvalue weighted by Gasteiger charge is 2.16. The highest BCUT2D eigenvalue weighted by molar-refractivity contribution is 7.89. The van der Waals surface area contributed by atoms with E-state index in [-0.39, 0.29) is 5.75 Å². The summed E-state index contributed by atoms with van der Waals surface area (Å²) >= 11 is 0. The van der Waals surface area contributed by atoms with E-state index in [4.69, 9.17) is 5.14 Å². The van der Waals surface area contributed by atoms with E-state index >= 15 is 0 Å². The van der Waals surface area contributed by atoms with E-state index in [1.54, 1.807) is 0 Å². The molecule has 0 aliphatic heterocycles. The number of sulfonamides is 1. The van der Waals surface area contributed by atoms with E-state index in [0.29, 0.717) is 12.5 Å². The van der Waals surface area contributed by atoms with Crippen LogP contribution in [0, 0.1) is 0 Å². The average molecular weight is 248 g/mol. The van der Waals surface area contributed by atoms with Gasteiger partial charge in [-0.05, 0) is 32.9 Å². The Morgan fingerprint density at radius 3 is 2.25 bits per heavy atom. The molecule has 1 rings (SSSR count). The van der Waals surface area contributed by atoms with Gasteiger partial charge in [-0.2, -0.15) is 0 Å². The first-order valence-corrected chi connectivity index (χ1v) is 7.91. The summed E-state index contributed by atoms with van der Waals surface area (Å²) in [7, 11) is -1.19. The van der Waals surface area contributed by atoms with Crippen molar-refractivity contribution in [1.29, 1.82) is 0 Å². The van der Waals surface area contributed by atoms with Crippen LogP contribution in [0.3, 0.4) is 0 Å². The van der Waals surface area contributed by atoms with Gasteiger partial charge in [-0.3, -0.25) is 0 Å². The molecule has 16 heavy (non-hydrogen) atoms. The van der Waals surface area contributed by atoms with Crippen LogP contribution in [0.4, 0.5) is 0 Å². The molecule has 0 saturated heterocycles. The molecule has 1 saturated carbocycles. The molecule has 0 bridgehead atoms. The van der Waals surface area contributed by atoms with Crippen molar-refractivity contribution in [3.05, 3.63) is 0 Å². The van der Waals surface area contributed by atoms with Gasteiger partial charge < -0.3 is 4.90 Å². The van der Waals surface area contributed by atoms with Crippen LogP contribution in [0.25, 0.3) is 0 Å². The molecule has 0 aromatic heterocycles. The predicted molar refractivity (Wildman–Crippen MR) is 66.7 cm³/mol. The van der Waals surface area contributed by atoms with E-state index in [0.717, 1.165) is 6.54 Å². The zero-order valence-electron chi connectivity index (χ0n) is 10.2. The lowest BCUT2D eigenvalue weighted by atomic mass is 10.1. The zero-order chi connectivity index (χ0) is 12.0. The quantitative estimate of drug-likeness (QED) is 0.746. The monoisotopic (exact) mass is 248 g/mol. The lowest BCUT2D eigenvalue weighted by Gasteiger charge is -2.26. The number of nitrogens with two attached hydrogens (primary N) is 1. The molecular weight excluding hydrogens is 224 g/mol. The van der Waals surface area contributed by atoms with E-state index in [9.17, 15) is 8.42 Å². The van der Waals surface area contributed by atoms with E-state index in [1.807, 2.05) is 0 Å². The van der Waals surface area contributed by atoms with Crippen LogP contribution in [0.15, 0.2) is 0 Å². The van der Waals surface area contributed by atoms with Crippen LogP contribution in [-0.2, 0) is 10.0 Å². The van der Waals surface area contributed by atoms with Crippen molar-refractivity contribution in [2.24, 2.45) is 5.14 Å². The van der Waals surface area contributed by atoms with Gasteiger partial charge in [0.15, 0.2) is 0 Å². The summed E-state index contributed by atoms with van der Waals surface area (Å²) < 4.78 is 21.6. The maximum Gasteiger partial charge on any atom is 0.209 e. The lowest BCUT2D eigenvalue weighted by molar-refractivity contribution is 0.222. The van der Waals surface area contributed by atoms with Crippen LogP contribution in [-0.4, -0.2) is 38.7 Å². The van der Waals surface area contributed by atoms with Gasteiger partial charge in [-0.1, -0.05) is 25.7 Å². The fourth-order valence-corrected chi connectivity index (χ4v) is 2.93. The van der Waals surface area contributed by atoms with Gasteiger partial charge in [0.1, 0.15) is 0 Å². The molecule has 4 nitrogen and oxygen atoms in total. The number of rotatable bonds is 5. The predicted octanol–water partition coefficient (Wildman–Crippen LogP) is 1.32. The molecule has 96 valence electrons. The molecule has 0 radical (unpaired) electrons. The highest BCUT2D eigenvalue weighted by Crippen LogP contribution is 2.20. The van der Waals surface area contributed by atoms with Gasteiger partial charge in [0.2, 0.25) is 10.0 Å². The molecule has 1 fully saturated rings. The molecular formula is C11H24N2O2S. The second-order valence-electron chi connectivity index (χ2n) is 4.85. The van der Waals surface area contributed by atoms with Gasteiger partial charge in [0.05, 0.1) is 5.75 Å². The molecule has 1 aliphatic carbocycles. The Morgan fingerprint density at radius 1 is 1.19 bits per heavy atom. The van der Waals surface area contributed by atoms with Gasteiger partial charge >= 0.3 is 0 Å². The van der Waals surface area contributed by atoms with Crippen molar-refractivity contribution >= 4 is 10.0 Å². The van der Waals surface area contributed by atoms with Crippen molar-refractivity contribution < 1.29 is 8.42 Å². The topological polar surface area (TPSA) is 63.4 Å². The Kier molecular flexibility index (Phi) is 5.72. The summed E-state index contributed by atoms with van der Waals surface area (Å²) in [6.07, 6.45) is 8.47. The average Bonchev–Trinajstić information content (AvgIpc) is 2.43. The molecule has 0 aromatic rings. The van der Waals surface area contributed by atoms with Gasteiger partial charge in [-0.15, -0.1) is 0 Å². The maximum atomic E-state index is 10.8. The molecule has 0 spiro atoms. The molecule has 2 N–H and O–H groups in total. The summed E-state index contributed by atoms with van der Waals surface area (Å²) in [5.74, 6) is 0.101. The van der Waals surface area contributed by atoms with E-state index < -0.39 is 10.0 Å². The normalized spacial score (nSPS) is 19.9. The number of hydrogen-bond acceptors (Lipinski definition) is 3. The third-order valence-corrected chi connectivity index (χ3v) is 4.25. The van der Waals surface area contributed by atoms with Crippen molar-refractivity contribution in [3.8, 4) is 0 Å². The van der Waals surface area contributed by atoms with Gasteiger partial charge in [0.25, 0.3) is 0 Å². The number of primary sulfonamides is 1. The van der Waals surface area contributed by atoms with Crippen molar-refractivity contribution in [3.63, 3.8) is 0 Å². The van der Waals surface area contributed by atoms with Gasteiger partial charge in [0, 0.05) is 6.04 Å². The summed E-state index contributed by atoms with van der Waals surface area (Å²) in [6.45, 7) is 0.834. The summed E-state index contributed by atoms with van der Waals surface area (Å²) in [4.78, 5) is 2.30. The molecule has 0 atom stereocenters. The summed E-state index contributed by atoms with van der Waals surface area (Å²) in [6, 6.07) is 0.642. The molecule has 5 heteroatoms. The fourth-order valence-electron chi connectivity index (χ4n) is 2.40. The van der Waals surface area contributed by atoms with E-state index in [2.05, 4.69) is 11.9 Å². The van der Waals surface area contributed by atoms with Crippen LogP contribution in [0.1, 0.15) is 44.9 Å². The SMILES string of the molecule is CN(CCCS(N)(=O)=O)C1CCCCCC1. The smallest absolute Gasteiger partial charge is 0.209 e. The maximum absolute atomic E-state index is 10.8. The Balaban J connectivity index is 2.25. The molecule has 0 unspecified atom stereocenters. The molecule has 0 amide bonds. The largest absolute Gasteiger partial charge is 0.303 e. The highest BCUT2D eigenvalue weighted by atomic mass is 32.2. The van der Waals surface area contributed by atoms with E-state index in [1.165, 1.54) is 38.5 Å². The minimum atomic E-state index is -3.28. The Morgan fingerprint density at radius 2 is 1.75 bits per heavy atom. The summed E-state index contributed by atoms with van der Waals surface area (Å²) in [5.41, 5.74) is 0. The zero-order valence-corrected chi connectivity index (χ0v) is 11.0. The van der Waals surface area contributed by atoms with Crippen molar-refractivity contribution in [2.45, 2.75) is 51.0 Å². The molecule has 0 aromatic carbocycles.